The number of amidine groups is 1. The van der Waals surface area contributed by atoms with Crippen molar-refractivity contribution in [3.8, 4) is 0 Å². The van der Waals surface area contributed by atoms with Gasteiger partial charge in [0.1, 0.15) is 5.25 Å². The average Bonchev–Trinajstić information content (AvgIpc) is 2.97. The number of rotatable bonds is 6. The Kier molecular flexibility index (Phi) is 7.07. The molecule has 1 N–H and O–H groups in total. The Morgan fingerprint density at radius 1 is 1.10 bits per heavy atom. The molecule has 2 amide bonds. The highest BCUT2D eigenvalue weighted by molar-refractivity contribution is 8.16. The maximum Gasteiger partial charge on any atom is 0.284 e. The minimum absolute atomic E-state index is 0.0348. The molecule has 0 aliphatic carbocycles. The molecule has 1 heterocycles. The number of carbonyl (C=O) groups excluding carboxylic acids is 2. The number of nitrogens with one attached hydrogen (secondary N) is 1. The number of thioether (sulfide) groups is 1. The maximum absolute atomic E-state index is 12.7. The molecule has 1 unspecified atom stereocenters. The van der Waals surface area contributed by atoms with Gasteiger partial charge in [0.2, 0.25) is 11.8 Å². The van der Waals surface area contributed by atoms with Gasteiger partial charge in [0.05, 0.1) is 4.90 Å². The summed E-state index contributed by atoms with van der Waals surface area (Å²) >= 11 is 12.6. The van der Waals surface area contributed by atoms with Gasteiger partial charge in [-0.3, -0.25) is 14.5 Å². The fourth-order valence-electron chi connectivity index (χ4n) is 2.68. The Labute approximate surface area is 188 Å². The number of amides is 2. The van der Waals surface area contributed by atoms with Crippen LogP contribution in [-0.2, 0) is 19.6 Å². The van der Waals surface area contributed by atoms with Gasteiger partial charge in [0, 0.05) is 28.7 Å². The predicted octanol–water partition coefficient (Wildman–Crippen LogP) is 4.03. The molecule has 1 fully saturated rings. The van der Waals surface area contributed by atoms with Crippen LogP contribution in [0.25, 0.3) is 0 Å². The van der Waals surface area contributed by atoms with E-state index in [-0.39, 0.29) is 34.8 Å². The highest BCUT2D eigenvalue weighted by Crippen LogP contribution is 2.31. The van der Waals surface area contributed by atoms with E-state index in [9.17, 15) is 18.0 Å². The van der Waals surface area contributed by atoms with Crippen molar-refractivity contribution >= 4 is 67.7 Å². The highest BCUT2D eigenvalue weighted by atomic mass is 35.5. The minimum Gasteiger partial charge on any atom is -0.326 e. The van der Waals surface area contributed by atoms with Crippen molar-refractivity contribution < 1.29 is 18.0 Å². The minimum atomic E-state index is -4.03. The topological polar surface area (TPSA) is 95.9 Å². The molecular formula is C19H17Cl2N3O4S2. The number of carbonyl (C=O) groups is 2. The summed E-state index contributed by atoms with van der Waals surface area (Å²) in [6, 6.07) is 12.1. The monoisotopic (exact) mass is 485 g/mol. The lowest BCUT2D eigenvalue weighted by Crippen LogP contribution is -2.33. The van der Waals surface area contributed by atoms with E-state index in [1.54, 1.807) is 31.2 Å². The lowest BCUT2D eigenvalue weighted by atomic mass is 10.2. The fourth-order valence-corrected chi connectivity index (χ4v) is 5.35. The van der Waals surface area contributed by atoms with Gasteiger partial charge >= 0.3 is 0 Å². The second kappa shape index (κ2) is 9.38. The highest BCUT2D eigenvalue weighted by Gasteiger charge is 2.39. The molecule has 3 rings (SSSR count). The third-order valence-corrected chi connectivity index (χ3v) is 7.22. The molecule has 1 aliphatic rings. The first-order chi connectivity index (χ1) is 14.2. The summed E-state index contributed by atoms with van der Waals surface area (Å²) in [4.78, 5) is 26.2. The van der Waals surface area contributed by atoms with Crippen molar-refractivity contribution in [2.45, 2.75) is 23.5 Å². The molecule has 11 heteroatoms. The summed E-state index contributed by atoms with van der Waals surface area (Å²) in [5.41, 5.74) is 0.548. The van der Waals surface area contributed by atoms with Crippen LogP contribution >= 0.6 is 35.0 Å². The maximum atomic E-state index is 12.7. The van der Waals surface area contributed by atoms with E-state index in [1.165, 1.54) is 29.2 Å². The van der Waals surface area contributed by atoms with Crippen LogP contribution in [0.4, 0.5) is 5.69 Å². The zero-order valence-electron chi connectivity index (χ0n) is 15.7. The van der Waals surface area contributed by atoms with Crippen LogP contribution < -0.4 is 5.32 Å². The molecular weight excluding hydrogens is 469 g/mol. The van der Waals surface area contributed by atoms with Crippen molar-refractivity contribution in [2.75, 3.05) is 11.9 Å². The van der Waals surface area contributed by atoms with Crippen molar-refractivity contribution in [2.24, 2.45) is 4.40 Å². The Hall–Kier alpha value is -2.07. The third-order valence-electron chi connectivity index (χ3n) is 4.14. The molecule has 0 aromatic heterocycles. The zero-order valence-corrected chi connectivity index (χ0v) is 18.9. The van der Waals surface area contributed by atoms with E-state index in [0.29, 0.717) is 15.7 Å². The van der Waals surface area contributed by atoms with Crippen LogP contribution in [0.3, 0.4) is 0 Å². The summed E-state index contributed by atoms with van der Waals surface area (Å²) in [6.07, 6.45) is -0.122. The molecule has 0 radical (unpaired) electrons. The summed E-state index contributed by atoms with van der Waals surface area (Å²) in [5.74, 6) is -0.736. The van der Waals surface area contributed by atoms with E-state index in [4.69, 9.17) is 23.2 Å². The first kappa shape index (κ1) is 22.6. The van der Waals surface area contributed by atoms with Crippen molar-refractivity contribution in [1.82, 2.24) is 4.90 Å². The molecule has 1 saturated heterocycles. The van der Waals surface area contributed by atoms with Crippen molar-refractivity contribution in [3.05, 3.63) is 58.6 Å². The summed E-state index contributed by atoms with van der Waals surface area (Å²) < 4.78 is 29.0. The standard InChI is InChI=1S/C19H17Cl2N3O4S2/c1-2-24-18(26)16(11-17(25)22-14-7-3-12(20)4-8-14)29-19(24)23-30(27,28)15-9-5-13(21)6-10-15/h3-10,16H,2,11H2,1H3,(H,22,25). The Bertz CT molecular complexity index is 1090. The molecule has 0 bridgehead atoms. The van der Waals surface area contributed by atoms with Crippen LogP contribution in [0.1, 0.15) is 13.3 Å². The van der Waals surface area contributed by atoms with E-state index in [1.807, 2.05) is 0 Å². The Balaban J connectivity index is 1.75. The van der Waals surface area contributed by atoms with Gasteiger partial charge in [-0.15, -0.1) is 4.40 Å². The van der Waals surface area contributed by atoms with Crippen LogP contribution in [0.15, 0.2) is 57.8 Å². The van der Waals surface area contributed by atoms with Crippen LogP contribution in [0.2, 0.25) is 10.0 Å². The molecule has 30 heavy (non-hydrogen) atoms. The molecule has 7 nitrogen and oxygen atoms in total. The van der Waals surface area contributed by atoms with Gasteiger partial charge in [-0.25, -0.2) is 0 Å². The molecule has 158 valence electrons. The number of sulfonamides is 1. The van der Waals surface area contributed by atoms with Crippen molar-refractivity contribution in [3.63, 3.8) is 0 Å². The van der Waals surface area contributed by atoms with Gasteiger partial charge in [0.15, 0.2) is 5.17 Å². The SMILES string of the molecule is CCN1C(=O)C(CC(=O)Nc2ccc(Cl)cc2)SC1=NS(=O)(=O)c1ccc(Cl)cc1. The molecule has 0 saturated carbocycles. The molecule has 2 aromatic rings. The van der Waals surface area contributed by atoms with E-state index < -0.39 is 15.3 Å². The normalized spacial score (nSPS) is 18.1. The average molecular weight is 486 g/mol. The number of benzene rings is 2. The summed E-state index contributed by atoms with van der Waals surface area (Å²) in [5, 5.41) is 2.90. The van der Waals surface area contributed by atoms with Gasteiger partial charge in [-0.2, -0.15) is 8.42 Å². The van der Waals surface area contributed by atoms with Gasteiger partial charge in [-0.1, -0.05) is 35.0 Å². The molecule has 0 spiro atoms. The van der Waals surface area contributed by atoms with Crippen molar-refractivity contribution in [1.29, 1.82) is 0 Å². The third kappa shape index (κ3) is 5.34. The van der Waals surface area contributed by atoms with Crippen LogP contribution in [0.5, 0.6) is 0 Å². The first-order valence-corrected chi connectivity index (χ1v) is 11.9. The fraction of sp³-hybridized carbons (Fsp3) is 0.211. The van der Waals surface area contributed by atoms with Crippen LogP contribution in [0, 0.1) is 0 Å². The number of hydrogen-bond donors (Lipinski definition) is 1. The number of halogens is 2. The van der Waals surface area contributed by atoms with E-state index in [0.717, 1.165) is 11.8 Å². The quantitative estimate of drug-likeness (QED) is 0.665. The summed E-state index contributed by atoms with van der Waals surface area (Å²) in [6.45, 7) is 1.94. The second-order valence-electron chi connectivity index (χ2n) is 6.25. The largest absolute Gasteiger partial charge is 0.326 e. The Morgan fingerprint density at radius 2 is 1.67 bits per heavy atom. The predicted molar refractivity (Wildman–Crippen MR) is 120 cm³/mol. The number of nitrogens with zero attached hydrogens (tertiary/aromatic N) is 2. The number of hydrogen-bond acceptors (Lipinski definition) is 5. The van der Waals surface area contributed by atoms with E-state index >= 15 is 0 Å². The Morgan fingerprint density at radius 3 is 2.23 bits per heavy atom. The molecule has 1 atom stereocenters. The zero-order chi connectivity index (χ0) is 21.9. The molecule has 1 aliphatic heterocycles. The first-order valence-electron chi connectivity index (χ1n) is 8.83. The van der Waals surface area contributed by atoms with Gasteiger partial charge in [-0.05, 0) is 55.5 Å². The van der Waals surface area contributed by atoms with Crippen LogP contribution in [-0.4, -0.2) is 42.1 Å². The molecule has 2 aromatic carbocycles. The van der Waals surface area contributed by atoms with E-state index in [2.05, 4.69) is 9.71 Å². The number of anilines is 1. The summed E-state index contributed by atoms with van der Waals surface area (Å²) in [7, 11) is -4.03. The second-order valence-corrected chi connectivity index (χ2v) is 9.90. The van der Waals surface area contributed by atoms with Gasteiger partial charge in [0.25, 0.3) is 10.0 Å². The lowest BCUT2D eigenvalue weighted by Gasteiger charge is -2.13. The van der Waals surface area contributed by atoms with Gasteiger partial charge < -0.3 is 5.32 Å². The lowest BCUT2D eigenvalue weighted by molar-refractivity contribution is -0.128. The smallest absolute Gasteiger partial charge is 0.284 e.